The number of halogens is 3. The molecule has 0 amide bonds. The number of nitrogens with zero attached hydrogens (tertiary/aromatic N) is 2. The van der Waals surface area contributed by atoms with Gasteiger partial charge < -0.3 is 10.2 Å². The molecule has 32 heavy (non-hydrogen) atoms. The second kappa shape index (κ2) is 7.10. The molecule has 5 rings (SSSR count). The molecule has 1 atom stereocenters. The minimum atomic E-state index is -4.96. The first-order valence-corrected chi connectivity index (χ1v) is 9.84. The number of benzene rings is 4. The first-order chi connectivity index (χ1) is 15.3. The maximum Gasteiger partial charge on any atom is 0.425 e. The van der Waals surface area contributed by atoms with Crippen LogP contribution in [0.3, 0.4) is 0 Å². The first kappa shape index (κ1) is 20.1. The molecule has 7 heteroatoms. The Labute approximate surface area is 180 Å². The third kappa shape index (κ3) is 3.01. The van der Waals surface area contributed by atoms with Gasteiger partial charge in [-0.05, 0) is 52.7 Å². The van der Waals surface area contributed by atoms with Crippen LogP contribution in [-0.4, -0.2) is 26.2 Å². The van der Waals surface area contributed by atoms with E-state index in [4.69, 9.17) is 0 Å². The number of rotatable bonds is 3. The highest BCUT2D eigenvalue weighted by molar-refractivity contribution is 5.88. The van der Waals surface area contributed by atoms with Gasteiger partial charge in [-0.2, -0.15) is 18.3 Å². The van der Waals surface area contributed by atoms with Crippen molar-refractivity contribution in [3.8, 4) is 11.4 Å². The zero-order valence-corrected chi connectivity index (χ0v) is 16.6. The maximum absolute atomic E-state index is 14.4. The minimum Gasteiger partial charge on any atom is -0.508 e. The molecule has 2 N–H and O–H groups in total. The van der Waals surface area contributed by atoms with Crippen molar-refractivity contribution in [3.05, 3.63) is 102 Å². The van der Waals surface area contributed by atoms with E-state index in [2.05, 4.69) is 5.10 Å². The fourth-order valence-electron chi connectivity index (χ4n) is 4.07. The number of aliphatic hydroxyl groups is 1. The zero-order chi connectivity index (χ0) is 22.5. The van der Waals surface area contributed by atoms with Crippen molar-refractivity contribution in [2.75, 3.05) is 0 Å². The molecule has 1 unspecified atom stereocenters. The molecular weight excluding hydrogens is 417 g/mol. The molecule has 5 aromatic rings. The highest BCUT2D eigenvalue weighted by Crippen LogP contribution is 2.47. The Balaban J connectivity index is 1.71. The number of aromatic nitrogens is 2. The van der Waals surface area contributed by atoms with E-state index in [0.29, 0.717) is 27.4 Å². The van der Waals surface area contributed by atoms with E-state index < -0.39 is 11.8 Å². The molecule has 0 bridgehead atoms. The number of phenols is 1. The molecule has 0 aliphatic heterocycles. The molecule has 0 fully saturated rings. The molecule has 0 saturated heterocycles. The molecule has 0 spiro atoms. The summed E-state index contributed by atoms with van der Waals surface area (Å²) in [7, 11) is 0. The van der Waals surface area contributed by atoms with Crippen molar-refractivity contribution < 1.29 is 23.4 Å². The average molecular weight is 434 g/mol. The maximum atomic E-state index is 14.4. The second-order valence-corrected chi connectivity index (χ2v) is 7.58. The number of hydrogen-bond acceptors (Lipinski definition) is 3. The standard InChI is InChI=1S/C25H17F3N2O2/c26-25(27,28)24(32,22-7-3-5-16-4-1-2-6-21(16)22)18-8-13-23-17(14-18)15-29-30(23)19-9-11-20(31)12-10-19/h1-15,31-32H. The van der Waals surface area contributed by atoms with Crippen molar-refractivity contribution in [1.82, 2.24) is 9.78 Å². The van der Waals surface area contributed by atoms with Gasteiger partial charge in [-0.3, -0.25) is 0 Å². The Bertz CT molecular complexity index is 1440. The second-order valence-electron chi connectivity index (χ2n) is 7.58. The van der Waals surface area contributed by atoms with Crippen molar-refractivity contribution in [3.63, 3.8) is 0 Å². The number of phenolic OH excluding ortho intramolecular Hbond substituents is 1. The summed E-state index contributed by atoms with van der Waals surface area (Å²) < 4.78 is 44.8. The largest absolute Gasteiger partial charge is 0.508 e. The summed E-state index contributed by atoms with van der Waals surface area (Å²) >= 11 is 0. The van der Waals surface area contributed by atoms with Crippen LogP contribution >= 0.6 is 0 Å². The lowest BCUT2D eigenvalue weighted by Crippen LogP contribution is -2.43. The number of fused-ring (bicyclic) bond motifs is 2. The van der Waals surface area contributed by atoms with Crippen LogP contribution in [0.15, 0.2) is 91.1 Å². The minimum absolute atomic E-state index is 0.0952. The van der Waals surface area contributed by atoms with E-state index in [1.807, 2.05) is 0 Å². The molecule has 0 aliphatic carbocycles. The number of hydrogen-bond donors (Lipinski definition) is 2. The predicted molar refractivity (Wildman–Crippen MR) is 116 cm³/mol. The normalized spacial score (nSPS) is 14.0. The van der Waals surface area contributed by atoms with Gasteiger partial charge in [-0.25, -0.2) is 4.68 Å². The lowest BCUT2D eigenvalue weighted by molar-refractivity contribution is -0.247. The van der Waals surface area contributed by atoms with Gasteiger partial charge in [0.05, 0.1) is 17.4 Å². The van der Waals surface area contributed by atoms with E-state index in [9.17, 15) is 23.4 Å². The van der Waals surface area contributed by atoms with Crippen molar-refractivity contribution in [2.24, 2.45) is 0 Å². The summed E-state index contributed by atoms with van der Waals surface area (Å²) in [6.45, 7) is 0. The topological polar surface area (TPSA) is 58.3 Å². The molecule has 160 valence electrons. The highest BCUT2D eigenvalue weighted by Gasteiger charge is 2.57. The Kier molecular flexibility index (Phi) is 4.46. The summed E-state index contributed by atoms with van der Waals surface area (Å²) in [6.07, 6.45) is -3.51. The first-order valence-electron chi connectivity index (χ1n) is 9.84. The molecule has 4 aromatic carbocycles. The summed E-state index contributed by atoms with van der Waals surface area (Å²) in [5.41, 5.74) is -2.51. The van der Waals surface area contributed by atoms with Crippen LogP contribution in [0.2, 0.25) is 0 Å². The molecule has 4 nitrogen and oxygen atoms in total. The van der Waals surface area contributed by atoms with Crippen molar-refractivity contribution in [1.29, 1.82) is 0 Å². The molecule has 0 saturated carbocycles. The van der Waals surface area contributed by atoms with E-state index in [1.165, 1.54) is 48.7 Å². The lowest BCUT2D eigenvalue weighted by Gasteiger charge is -2.32. The van der Waals surface area contributed by atoms with Crippen LogP contribution in [0, 0.1) is 0 Å². The predicted octanol–water partition coefficient (Wildman–Crippen LogP) is 5.68. The Hall–Kier alpha value is -3.84. The third-order valence-electron chi connectivity index (χ3n) is 5.67. The molecule has 0 aliphatic rings. The van der Waals surface area contributed by atoms with Gasteiger partial charge in [-0.1, -0.05) is 48.5 Å². The quantitative estimate of drug-likeness (QED) is 0.384. The SMILES string of the molecule is Oc1ccc(-n2ncc3cc(C(O)(c4cccc5ccccc45)C(F)(F)F)ccc32)cc1. The van der Waals surface area contributed by atoms with Gasteiger partial charge in [0.1, 0.15) is 5.75 Å². The van der Waals surface area contributed by atoms with Crippen LogP contribution in [0.25, 0.3) is 27.4 Å². The van der Waals surface area contributed by atoms with Gasteiger partial charge in [0.15, 0.2) is 0 Å². The van der Waals surface area contributed by atoms with Crippen LogP contribution < -0.4 is 0 Å². The molecule has 1 heterocycles. The number of aromatic hydroxyl groups is 1. The van der Waals surface area contributed by atoms with E-state index in [1.54, 1.807) is 47.1 Å². The van der Waals surface area contributed by atoms with E-state index in [0.717, 1.165) is 0 Å². The monoisotopic (exact) mass is 434 g/mol. The summed E-state index contributed by atoms with van der Waals surface area (Å²) in [5, 5.41) is 26.4. The zero-order valence-electron chi connectivity index (χ0n) is 16.6. The fourth-order valence-corrected chi connectivity index (χ4v) is 4.07. The van der Waals surface area contributed by atoms with Crippen LogP contribution in [0.4, 0.5) is 13.2 Å². The lowest BCUT2D eigenvalue weighted by atomic mass is 9.82. The molecular formula is C25H17F3N2O2. The molecule has 1 aromatic heterocycles. The van der Waals surface area contributed by atoms with E-state index >= 15 is 0 Å². The smallest absolute Gasteiger partial charge is 0.425 e. The van der Waals surface area contributed by atoms with Crippen LogP contribution in [-0.2, 0) is 5.60 Å². The Morgan fingerprint density at radius 3 is 2.25 bits per heavy atom. The van der Waals surface area contributed by atoms with Crippen LogP contribution in [0.5, 0.6) is 5.75 Å². The third-order valence-corrected chi connectivity index (χ3v) is 5.67. The highest BCUT2D eigenvalue weighted by atomic mass is 19.4. The molecule has 0 radical (unpaired) electrons. The van der Waals surface area contributed by atoms with Crippen molar-refractivity contribution in [2.45, 2.75) is 11.8 Å². The van der Waals surface area contributed by atoms with Crippen LogP contribution in [0.1, 0.15) is 11.1 Å². The van der Waals surface area contributed by atoms with Crippen molar-refractivity contribution >= 4 is 21.7 Å². The summed E-state index contributed by atoms with van der Waals surface area (Å²) in [4.78, 5) is 0. The fraction of sp³-hybridized carbons (Fsp3) is 0.0800. The van der Waals surface area contributed by atoms with Gasteiger partial charge in [-0.15, -0.1) is 0 Å². The van der Waals surface area contributed by atoms with Gasteiger partial charge in [0.25, 0.3) is 0 Å². The number of alkyl halides is 3. The van der Waals surface area contributed by atoms with Gasteiger partial charge in [0.2, 0.25) is 5.60 Å². The Morgan fingerprint density at radius 2 is 1.50 bits per heavy atom. The Morgan fingerprint density at radius 1 is 0.781 bits per heavy atom. The summed E-state index contributed by atoms with van der Waals surface area (Å²) in [6, 6.07) is 21.6. The average Bonchev–Trinajstić information content (AvgIpc) is 3.21. The van der Waals surface area contributed by atoms with Gasteiger partial charge >= 0.3 is 6.18 Å². The van der Waals surface area contributed by atoms with E-state index in [-0.39, 0.29) is 16.9 Å². The summed E-state index contributed by atoms with van der Waals surface area (Å²) in [5.74, 6) is 0.0952. The van der Waals surface area contributed by atoms with Gasteiger partial charge in [0, 0.05) is 10.9 Å².